The van der Waals surface area contributed by atoms with E-state index in [-0.39, 0.29) is 0 Å². The molecule has 0 saturated carbocycles. The molecular formula is C11H11N3S2. The maximum absolute atomic E-state index is 5.16. The zero-order chi connectivity index (χ0) is 11.5. The SMILES string of the molecule is Cc1ccc(Nc2c[nH]c(=S)[nH]c2=S)cc1. The van der Waals surface area contributed by atoms with Crippen molar-refractivity contribution in [2.75, 3.05) is 5.32 Å². The van der Waals surface area contributed by atoms with Crippen LogP contribution in [0.4, 0.5) is 11.4 Å². The van der Waals surface area contributed by atoms with Crippen LogP contribution in [0, 0.1) is 16.3 Å². The van der Waals surface area contributed by atoms with Crippen molar-refractivity contribution >= 4 is 35.8 Å². The van der Waals surface area contributed by atoms with Crippen LogP contribution in [-0.4, -0.2) is 9.97 Å². The Balaban J connectivity index is 2.30. The molecule has 0 aliphatic heterocycles. The van der Waals surface area contributed by atoms with Crippen LogP contribution in [-0.2, 0) is 0 Å². The number of hydrogen-bond donors (Lipinski definition) is 3. The molecule has 0 saturated heterocycles. The van der Waals surface area contributed by atoms with Crippen molar-refractivity contribution in [3.8, 4) is 0 Å². The van der Waals surface area contributed by atoms with Gasteiger partial charge in [-0.05, 0) is 31.3 Å². The monoisotopic (exact) mass is 249 g/mol. The molecule has 0 bridgehead atoms. The summed E-state index contributed by atoms with van der Waals surface area (Å²) < 4.78 is 1.13. The molecule has 82 valence electrons. The summed E-state index contributed by atoms with van der Waals surface area (Å²) in [6.45, 7) is 2.05. The second-order valence-corrected chi connectivity index (χ2v) is 4.29. The number of aryl methyl sites for hydroxylation is 1. The lowest BCUT2D eigenvalue weighted by atomic mass is 10.2. The number of aromatic nitrogens is 2. The van der Waals surface area contributed by atoms with E-state index in [9.17, 15) is 0 Å². The first kappa shape index (κ1) is 11.0. The third-order valence-corrected chi connectivity index (χ3v) is 2.69. The number of aromatic amines is 2. The van der Waals surface area contributed by atoms with Crippen LogP contribution < -0.4 is 5.32 Å². The molecule has 2 rings (SSSR count). The fourth-order valence-electron chi connectivity index (χ4n) is 1.30. The van der Waals surface area contributed by atoms with Crippen molar-refractivity contribution in [1.82, 2.24) is 9.97 Å². The second kappa shape index (κ2) is 4.59. The van der Waals surface area contributed by atoms with Crippen LogP contribution in [0.15, 0.2) is 30.5 Å². The number of benzene rings is 1. The quantitative estimate of drug-likeness (QED) is 0.708. The standard InChI is InChI=1S/C11H11N3S2/c1-7-2-4-8(5-3-7)13-9-6-12-11(16)14-10(9)15/h2-6,13H,1H3,(H2,12,14,15,16). The summed E-state index contributed by atoms with van der Waals surface area (Å²) in [5.41, 5.74) is 3.03. The molecule has 16 heavy (non-hydrogen) atoms. The van der Waals surface area contributed by atoms with Gasteiger partial charge in [0.2, 0.25) is 0 Å². The number of rotatable bonds is 2. The summed E-state index contributed by atoms with van der Waals surface area (Å²) in [5, 5.41) is 3.21. The Morgan fingerprint density at radius 2 is 1.81 bits per heavy atom. The molecule has 0 fully saturated rings. The number of hydrogen-bond acceptors (Lipinski definition) is 3. The predicted molar refractivity (Wildman–Crippen MR) is 71.3 cm³/mol. The summed E-state index contributed by atoms with van der Waals surface area (Å²) in [4.78, 5) is 5.78. The lowest BCUT2D eigenvalue weighted by Crippen LogP contribution is -1.94. The first-order valence-electron chi connectivity index (χ1n) is 4.81. The number of H-pyrrole nitrogens is 2. The fraction of sp³-hybridized carbons (Fsp3) is 0.0909. The molecule has 3 N–H and O–H groups in total. The van der Waals surface area contributed by atoms with Crippen LogP contribution >= 0.6 is 24.4 Å². The molecule has 0 atom stereocenters. The highest BCUT2D eigenvalue weighted by molar-refractivity contribution is 7.72. The molecule has 1 aromatic heterocycles. The van der Waals surface area contributed by atoms with Gasteiger partial charge in [0.25, 0.3) is 0 Å². The highest BCUT2D eigenvalue weighted by atomic mass is 32.1. The molecule has 1 aromatic carbocycles. The Labute approximate surface area is 104 Å². The average molecular weight is 249 g/mol. The Kier molecular flexibility index (Phi) is 3.17. The van der Waals surface area contributed by atoms with Crippen molar-refractivity contribution < 1.29 is 0 Å². The van der Waals surface area contributed by atoms with E-state index in [2.05, 4.69) is 22.2 Å². The van der Waals surface area contributed by atoms with Crippen molar-refractivity contribution in [1.29, 1.82) is 0 Å². The number of nitrogens with one attached hydrogen (secondary N) is 3. The lowest BCUT2D eigenvalue weighted by molar-refractivity contribution is 1.12. The lowest BCUT2D eigenvalue weighted by Gasteiger charge is -2.06. The van der Waals surface area contributed by atoms with E-state index >= 15 is 0 Å². The van der Waals surface area contributed by atoms with Gasteiger partial charge in [-0.15, -0.1) is 0 Å². The highest BCUT2D eigenvalue weighted by Crippen LogP contribution is 2.16. The summed E-state index contributed by atoms with van der Waals surface area (Å²) >= 11 is 10.1. The van der Waals surface area contributed by atoms with E-state index in [0.717, 1.165) is 11.4 Å². The second-order valence-electron chi connectivity index (χ2n) is 3.48. The van der Waals surface area contributed by atoms with E-state index in [1.54, 1.807) is 6.20 Å². The van der Waals surface area contributed by atoms with Crippen LogP contribution in [0.1, 0.15) is 5.56 Å². The Hall–Kier alpha value is -1.46. The number of anilines is 2. The fourth-order valence-corrected chi connectivity index (χ4v) is 1.73. The molecular weight excluding hydrogens is 238 g/mol. The first-order valence-corrected chi connectivity index (χ1v) is 5.62. The van der Waals surface area contributed by atoms with E-state index in [1.165, 1.54) is 5.56 Å². The molecule has 0 radical (unpaired) electrons. The van der Waals surface area contributed by atoms with Gasteiger partial charge in [-0.3, -0.25) is 0 Å². The summed E-state index contributed by atoms with van der Waals surface area (Å²) in [5.74, 6) is 0. The minimum atomic E-state index is 0.527. The minimum Gasteiger partial charge on any atom is -0.352 e. The molecule has 0 amide bonds. The van der Waals surface area contributed by atoms with Crippen molar-refractivity contribution in [2.45, 2.75) is 6.92 Å². The molecule has 0 aliphatic carbocycles. The van der Waals surface area contributed by atoms with E-state index in [0.29, 0.717) is 9.41 Å². The van der Waals surface area contributed by atoms with Crippen LogP contribution in [0.25, 0.3) is 0 Å². The smallest absolute Gasteiger partial charge is 0.175 e. The summed E-state index contributed by atoms with van der Waals surface area (Å²) in [7, 11) is 0. The van der Waals surface area contributed by atoms with Gasteiger partial charge in [0.1, 0.15) is 4.64 Å². The Morgan fingerprint density at radius 1 is 1.12 bits per heavy atom. The molecule has 0 unspecified atom stereocenters. The molecule has 2 aromatic rings. The van der Waals surface area contributed by atoms with Gasteiger partial charge in [0, 0.05) is 11.9 Å². The van der Waals surface area contributed by atoms with Crippen LogP contribution in [0.5, 0.6) is 0 Å². The highest BCUT2D eigenvalue weighted by Gasteiger charge is 1.96. The van der Waals surface area contributed by atoms with Crippen LogP contribution in [0.3, 0.4) is 0 Å². The molecule has 0 aliphatic rings. The Bertz CT molecular complexity index is 596. The molecule has 3 nitrogen and oxygen atoms in total. The van der Waals surface area contributed by atoms with Gasteiger partial charge < -0.3 is 15.3 Å². The van der Waals surface area contributed by atoms with Gasteiger partial charge in [0.05, 0.1) is 5.69 Å². The third-order valence-electron chi connectivity index (χ3n) is 2.15. The van der Waals surface area contributed by atoms with E-state index in [1.807, 2.05) is 24.3 Å². The van der Waals surface area contributed by atoms with Gasteiger partial charge in [-0.25, -0.2) is 0 Å². The van der Waals surface area contributed by atoms with Crippen LogP contribution in [0.2, 0.25) is 0 Å². The van der Waals surface area contributed by atoms with Gasteiger partial charge in [0.15, 0.2) is 4.77 Å². The summed E-state index contributed by atoms with van der Waals surface area (Å²) in [6, 6.07) is 8.10. The van der Waals surface area contributed by atoms with Crippen molar-refractivity contribution in [3.63, 3.8) is 0 Å². The normalized spacial score (nSPS) is 10.1. The van der Waals surface area contributed by atoms with E-state index in [4.69, 9.17) is 24.4 Å². The maximum atomic E-state index is 5.16. The molecule has 1 heterocycles. The van der Waals surface area contributed by atoms with Gasteiger partial charge in [-0.1, -0.05) is 29.9 Å². The molecule has 0 spiro atoms. The zero-order valence-corrected chi connectivity index (χ0v) is 10.3. The summed E-state index contributed by atoms with van der Waals surface area (Å²) in [6.07, 6.45) is 1.76. The minimum absolute atomic E-state index is 0.527. The molecule has 5 heteroatoms. The van der Waals surface area contributed by atoms with Gasteiger partial charge in [-0.2, -0.15) is 0 Å². The zero-order valence-electron chi connectivity index (χ0n) is 8.70. The Morgan fingerprint density at radius 3 is 2.44 bits per heavy atom. The van der Waals surface area contributed by atoms with Gasteiger partial charge >= 0.3 is 0 Å². The van der Waals surface area contributed by atoms with E-state index < -0.39 is 0 Å². The van der Waals surface area contributed by atoms with Crippen molar-refractivity contribution in [2.24, 2.45) is 0 Å². The predicted octanol–water partition coefficient (Wildman–Crippen LogP) is 3.85. The van der Waals surface area contributed by atoms with Crippen molar-refractivity contribution in [3.05, 3.63) is 45.4 Å². The third kappa shape index (κ3) is 2.56. The largest absolute Gasteiger partial charge is 0.352 e. The maximum Gasteiger partial charge on any atom is 0.175 e. The topological polar surface area (TPSA) is 43.6 Å². The first-order chi connectivity index (χ1) is 7.65. The average Bonchev–Trinajstić information content (AvgIpc) is 2.25.